The number of aromatic nitrogens is 1. The van der Waals surface area contributed by atoms with Crippen molar-refractivity contribution in [2.24, 2.45) is 11.8 Å². The molecule has 1 amide bonds. The maximum Gasteiger partial charge on any atom is 0.265 e. The molecule has 5 heteroatoms. The number of likely N-dealkylation sites (tertiary alicyclic amines) is 1. The Kier molecular flexibility index (Phi) is 3.90. The van der Waals surface area contributed by atoms with Crippen molar-refractivity contribution in [3.63, 3.8) is 0 Å². The van der Waals surface area contributed by atoms with E-state index >= 15 is 0 Å². The summed E-state index contributed by atoms with van der Waals surface area (Å²) in [5.74, 6) is 1.56. The SMILES string of the molecule is Cc1nc(N)sc1C(=O)N1CCC(C(C)C)CC1. The fraction of sp³-hybridized carbons (Fsp3) is 0.692. The minimum Gasteiger partial charge on any atom is -0.375 e. The van der Waals surface area contributed by atoms with E-state index in [4.69, 9.17) is 5.73 Å². The van der Waals surface area contributed by atoms with Crippen LogP contribution < -0.4 is 5.73 Å². The average molecular weight is 267 g/mol. The number of nitrogen functional groups attached to an aromatic ring is 1. The minimum absolute atomic E-state index is 0.101. The summed E-state index contributed by atoms with van der Waals surface area (Å²) in [4.78, 5) is 19.1. The lowest BCUT2D eigenvalue weighted by atomic mass is 9.87. The van der Waals surface area contributed by atoms with Crippen LogP contribution in [-0.4, -0.2) is 28.9 Å². The number of rotatable bonds is 2. The van der Waals surface area contributed by atoms with E-state index in [9.17, 15) is 4.79 Å². The molecule has 0 unspecified atom stereocenters. The number of amides is 1. The van der Waals surface area contributed by atoms with Gasteiger partial charge in [-0.3, -0.25) is 4.79 Å². The van der Waals surface area contributed by atoms with Gasteiger partial charge in [-0.2, -0.15) is 0 Å². The van der Waals surface area contributed by atoms with Crippen LogP contribution in [0.3, 0.4) is 0 Å². The van der Waals surface area contributed by atoms with Crippen LogP contribution >= 0.6 is 11.3 Å². The van der Waals surface area contributed by atoms with Gasteiger partial charge in [0.05, 0.1) is 5.69 Å². The van der Waals surface area contributed by atoms with E-state index < -0.39 is 0 Å². The maximum atomic E-state index is 12.4. The van der Waals surface area contributed by atoms with E-state index in [2.05, 4.69) is 18.8 Å². The standard InChI is InChI=1S/C13H21N3OS/c1-8(2)10-4-6-16(7-5-10)12(17)11-9(3)15-13(14)18-11/h8,10H,4-7H2,1-3H3,(H2,14,15). The Hall–Kier alpha value is -1.10. The Balaban J connectivity index is 2.02. The highest BCUT2D eigenvalue weighted by molar-refractivity contribution is 7.17. The van der Waals surface area contributed by atoms with E-state index in [1.165, 1.54) is 11.3 Å². The molecular formula is C13H21N3OS. The molecule has 1 fully saturated rings. The molecule has 4 nitrogen and oxygen atoms in total. The Labute approximate surface area is 112 Å². The monoisotopic (exact) mass is 267 g/mol. The number of carbonyl (C=O) groups excluding carboxylic acids is 1. The average Bonchev–Trinajstić information content (AvgIpc) is 2.67. The third-order valence-corrected chi connectivity index (χ3v) is 4.75. The molecule has 0 atom stereocenters. The van der Waals surface area contributed by atoms with Crippen molar-refractivity contribution in [2.45, 2.75) is 33.6 Å². The van der Waals surface area contributed by atoms with E-state index in [0.717, 1.165) is 37.5 Å². The summed E-state index contributed by atoms with van der Waals surface area (Å²) >= 11 is 1.30. The second-order valence-corrected chi connectivity index (χ2v) is 6.37. The van der Waals surface area contributed by atoms with Crippen molar-refractivity contribution in [2.75, 3.05) is 18.8 Å². The summed E-state index contributed by atoms with van der Waals surface area (Å²) < 4.78 is 0. The first kappa shape index (κ1) is 13.3. The second kappa shape index (κ2) is 5.26. The zero-order valence-electron chi connectivity index (χ0n) is 11.3. The van der Waals surface area contributed by atoms with E-state index in [1.54, 1.807) is 0 Å². The summed E-state index contributed by atoms with van der Waals surface area (Å²) in [7, 11) is 0. The van der Waals surface area contributed by atoms with Crippen LogP contribution in [0.1, 0.15) is 42.1 Å². The van der Waals surface area contributed by atoms with Crippen molar-refractivity contribution in [1.82, 2.24) is 9.88 Å². The fourth-order valence-corrected chi connectivity index (χ4v) is 3.33. The molecule has 2 rings (SSSR count). The number of thiazole rings is 1. The summed E-state index contributed by atoms with van der Waals surface area (Å²) in [5, 5.41) is 0.480. The van der Waals surface area contributed by atoms with Gasteiger partial charge in [0.25, 0.3) is 5.91 Å². The molecule has 1 aromatic heterocycles. The van der Waals surface area contributed by atoms with Crippen molar-refractivity contribution in [3.05, 3.63) is 10.6 Å². The van der Waals surface area contributed by atoms with E-state index in [1.807, 2.05) is 11.8 Å². The molecule has 0 radical (unpaired) electrons. The molecule has 1 aromatic rings. The van der Waals surface area contributed by atoms with Crippen molar-refractivity contribution < 1.29 is 4.79 Å². The third-order valence-electron chi connectivity index (χ3n) is 3.78. The highest BCUT2D eigenvalue weighted by Gasteiger charge is 2.27. The highest BCUT2D eigenvalue weighted by Crippen LogP contribution is 2.27. The lowest BCUT2D eigenvalue weighted by molar-refractivity contribution is 0.0671. The maximum absolute atomic E-state index is 12.4. The van der Waals surface area contributed by atoms with Gasteiger partial charge in [0.2, 0.25) is 0 Å². The van der Waals surface area contributed by atoms with Crippen LogP contribution in [0.4, 0.5) is 5.13 Å². The molecule has 2 N–H and O–H groups in total. The highest BCUT2D eigenvalue weighted by atomic mass is 32.1. The van der Waals surface area contributed by atoms with E-state index in [0.29, 0.717) is 15.9 Å². The summed E-state index contributed by atoms with van der Waals surface area (Å²) in [6, 6.07) is 0. The minimum atomic E-state index is 0.101. The van der Waals surface area contributed by atoms with Crippen molar-refractivity contribution in [3.8, 4) is 0 Å². The lowest BCUT2D eigenvalue weighted by Crippen LogP contribution is -2.39. The number of nitrogens with two attached hydrogens (primary N) is 1. The molecule has 1 saturated heterocycles. The van der Waals surface area contributed by atoms with Gasteiger partial charge in [0, 0.05) is 13.1 Å². The zero-order chi connectivity index (χ0) is 13.3. The third kappa shape index (κ3) is 2.66. The van der Waals surface area contributed by atoms with Crippen LogP contribution in [0, 0.1) is 18.8 Å². The van der Waals surface area contributed by atoms with Gasteiger partial charge in [-0.05, 0) is 31.6 Å². The summed E-state index contributed by atoms with van der Waals surface area (Å²) in [6.45, 7) is 8.09. The Bertz CT molecular complexity index is 433. The second-order valence-electron chi connectivity index (χ2n) is 5.34. The first-order valence-corrected chi connectivity index (χ1v) is 7.33. The van der Waals surface area contributed by atoms with Crippen LogP contribution in [0.15, 0.2) is 0 Å². The Morgan fingerprint density at radius 2 is 2.06 bits per heavy atom. The lowest BCUT2D eigenvalue weighted by Gasteiger charge is -2.33. The zero-order valence-corrected chi connectivity index (χ0v) is 12.1. The predicted octanol–water partition coefficient (Wildman–Crippen LogP) is 2.54. The van der Waals surface area contributed by atoms with Crippen LogP contribution in [0.2, 0.25) is 0 Å². The van der Waals surface area contributed by atoms with Gasteiger partial charge < -0.3 is 10.6 Å². The van der Waals surface area contributed by atoms with E-state index in [-0.39, 0.29) is 5.91 Å². The van der Waals surface area contributed by atoms with Gasteiger partial charge in [0.1, 0.15) is 4.88 Å². The van der Waals surface area contributed by atoms with Gasteiger partial charge >= 0.3 is 0 Å². The van der Waals surface area contributed by atoms with Crippen LogP contribution in [0.25, 0.3) is 0 Å². The first-order valence-electron chi connectivity index (χ1n) is 6.51. The molecule has 1 aliphatic rings. The van der Waals surface area contributed by atoms with Gasteiger partial charge in [-0.15, -0.1) is 0 Å². The normalized spacial score (nSPS) is 17.4. The smallest absolute Gasteiger partial charge is 0.265 e. The molecule has 0 saturated carbocycles. The van der Waals surface area contributed by atoms with Gasteiger partial charge in [-0.1, -0.05) is 25.2 Å². The molecule has 1 aliphatic heterocycles. The number of carbonyl (C=O) groups is 1. The molecule has 18 heavy (non-hydrogen) atoms. The first-order chi connectivity index (χ1) is 8.49. The number of nitrogens with zero attached hydrogens (tertiary/aromatic N) is 2. The number of hydrogen-bond acceptors (Lipinski definition) is 4. The number of aryl methyl sites for hydroxylation is 1. The summed E-state index contributed by atoms with van der Waals surface area (Å²) in [6.07, 6.45) is 2.22. The molecule has 2 heterocycles. The number of hydrogen-bond donors (Lipinski definition) is 1. The van der Waals surface area contributed by atoms with Crippen molar-refractivity contribution >= 4 is 22.4 Å². The number of piperidine rings is 1. The largest absolute Gasteiger partial charge is 0.375 e. The number of anilines is 1. The topological polar surface area (TPSA) is 59.2 Å². The quantitative estimate of drug-likeness (QED) is 0.895. The van der Waals surface area contributed by atoms with Crippen molar-refractivity contribution in [1.29, 1.82) is 0 Å². The molecule has 0 aromatic carbocycles. The van der Waals surface area contributed by atoms with Gasteiger partial charge in [0.15, 0.2) is 5.13 Å². The van der Waals surface area contributed by atoms with Gasteiger partial charge in [-0.25, -0.2) is 4.98 Å². The molecule has 0 aliphatic carbocycles. The predicted molar refractivity (Wildman–Crippen MR) is 74.7 cm³/mol. The Morgan fingerprint density at radius 1 is 1.44 bits per heavy atom. The summed E-state index contributed by atoms with van der Waals surface area (Å²) in [5.41, 5.74) is 6.40. The van der Waals surface area contributed by atoms with Crippen LogP contribution in [0.5, 0.6) is 0 Å². The Morgan fingerprint density at radius 3 is 2.50 bits per heavy atom. The fourth-order valence-electron chi connectivity index (χ4n) is 2.53. The molecular weight excluding hydrogens is 246 g/mol. The molecule has 0 spiro atoms. The molecule has 100 valence electrons. The molecule has 0 bridgehead atoms. The van der Waals surface area contributed by atoms with Crippen LogP contribution in [-0.2, 0) is 0 Å².